The first-order chi connectivity index (χ1) is 9.39. The number of nitrogens with zero attached hydrogens (tertiary/aromatic N) is 3. The summed E-state index contributed by atoms with van der Waals surface area (Å²) in [6.07, 6.45) is 1.97. The standard InChI is InChI=1S/C15H25N3OS/c1-6-11(2)13-12(9-19)20-14(16-13)18-8-7-17(5)15(3,4)10-18/h9,11H,6-8,10H2,1-5H3. The van der Waals surface area contributed by atoms with Gasteiger partial charge in [0.2, 0.25) is 0 Å². The number of aromatic nitrogens is 1. The molecule has 1 aromatic rings. The van der Waals surface area contributed by atoms with Crippen LogP contribution in [0.3, 0.4) is 0 Å². The van der Waals surface area contributed by atoms with Crippen LogP contribution in [0.4, 0.5) is 5.13 Å². The third-order valence-electron chi connectivity index (χ3n) is 4.44. The van der Waals surface area contributed by atoms with Gasteiger partial charge in [0.1, 0.15) is 0 Å². The molecule has 1 saturated heterocycles. The minimum Gasteiger partial charge on any atom is -0.345 e. The SMILES string of the molecule is CCC(C)c1nc(N2CCN(C)C(C)(C)C2)sc1C=O. The van der Waals surface area contributed by atoms with Crippen LogP contribution in [0.5, 0.6) is 0 Å². The van der Waals surface area contributed by atoms with Crippen LogP contribution in [-0.4, -0.2) is 48.4 Å². The first kappa shape index (κ1) is 15.4. The molecule has 2 rings (SSSR count). The van der Waals surface area contributed by atoms with Gasteiger partial charge >= 0.3 is 0 Å². The summed E-state index contributed by atoms with van der Waals surface area (Å²) >= 11 is 1.54. The van der Waals surface area contributed by atoms with Gasteiger partial charge in [0.15, 0.2) is 11.4 Å². The zero-order chi connectivity index (χ0) is 14.9. The van der Waals surface area contributed by atoms with Crippen molar-refractivity contribution in [3.8, 4) is 0 Å². The molecule has 1 aromatic heterocycles. The van der Waals surface area contributed by atoms with Gasteiger partial charge < -0.3 is 4.90 Å². The molecule has 0 saturated carbocycles. The van der Waals surface area contributed by atoms with Crippen LogP contribution in [0.25, 0.3) is 0 Å². The zero-order valence-electron chi connectivity index (χ0n) is 13.1. The van der Waals surface area contributed by atoms with E-state index in [4.69, 9.17) is 4.98 Å². The molecular formula is C15H25N3OS. The lowest BCUT2D eigenvalue weighted by Gasteiger charge is -2.45. The second-order valence-corrected chi connectivity index (χ2v) is 7.34. The van der Waals surface area contributed by atoms with Gasteiger partial charge in [0.25, 0.3) is 0 Å². The van der Waals surface area contributed by atoms with Crippen LogP contribution in [0.2, 0.25) is 0 Å². The predicted octanol–water partition coefficient (Wildman–Crippen LogP) is 3.00. The number of likely N-dealkylation sites (N-methyl/N-ethyl adjacent to an activating group) is 1. The molecule has 0 spiro atoms. The number of carbonyl (C=O) groups is 1. The van der Waals surface area contributed by atoms with Crippen LogP contribution in [0.1, 0.15) is 55.4 Å². The van der Waals surface area contributed by atoms with Crippen molar-refractivity contribution in [2.75, 3.05) is 31.6 Å². The van der Waals surface area contributed by atoms with Crippen molar-refractivity contribution < 1.29 is 4.79 Å². The largest absolute Gasteiger partial charge is 0.345 e. The molecule has 4 nitrogen and oxygen atoms in total. The van der Waals surface area contributed by atoms with E-state index in [1.165, 1.54) is 11.3 Å². The van der Waals surface area contributed by atoms with Crippen molar-refractivity contribution in [2.45, 2.75) is 45.6 Å². The zero-order valence-corrected chi connectivity index (χ0v) is 14.0. The highest BCUT2D eigenvalue weighted by Gasteiger charge is 2.32. The maximum atomic E-state index is 11.3. The number of aldehydes is 1. The van der Waals surface area contributed by atoms with E-state index < -0.39 is 0 Å². The summed E-state index contributed by atoms with van der Waals surface area (Å²) in [5.41, 5.74) is 1.11. The van der Waals surface area contributed by atoms with Crippen molar-refractivity contribution >= 4 is 22.8 Å². The summed E-state index contributed by atoms with van der Waals surface area (Å²) in [4.78, 5) is 21.5. The molecule has 20 heavy (non-hydrogen) atoms. The van der Waals surface area contributed by atoms with Gasteiger partial charge in [0.05, 0.1) is 10.6 Å². The second-order valence-electron chi connectivity index (χ2n) is 6.33. The average molecular weight is 295 g/mol. The molecule has 0 aromatic carbocycles. The summed E-state index contributed by atoms with van der Waals surface area (Å²) in [5, 5.41) is 1.00. The Labute approximate surface area is 125 Å². The Kier molecular flexibility index (Phi) is 4.49. The number of piperazine rings is 1. The fourth-order valence-electron chi connectivity index (χ4n) is 2.50. The number of carbonyl (C=O) groups excluding carboxylic acids is 1. The molecule has 1 fully saturated rings. The molecule has 1 unspecified atom stereocenters. The minimum atomic E-state index is 0.141. The second kappa shape index (κ2) is 5.82. The number of anilines is 1. The Hall–Kier alpha value is -0.940. The van der Waals surface area contributed by atoms with Gasteiger partial charge in [-0.1, -0.05) is 25.2 Å². The molecule has 112 valence electrons. The van der Waals surface area contributed by atoms with E-state index in [9.17, 15) is 4.79 Å². The summed E-state index contributed by atoms with van der Waals surface area (Å²) in [5.74, 6) is 0.348. The van der Waals surface area contributed by atoms with E-state index in [-0.39, 0.29) is 5.54 Å². The van der Waals surface area contributed by atoms with Gasteiger partial charge in [-0.2, -0.15) is 0 Å². The lowest BCUT2D eigenvalue weighted by atomic mass is 10.0. The Morgan fingerprint density at radius 1 is 1.45 bits per heavy atom. The van der Waals surface area contributed by atoms with E-state index in [2.05, 4.69) is 44.5 Å². The normalized spacial score (nSPS) is 20.9. The van der Waals surface area contributed by atoms with Crippen LogP contribution in [0, 0.1) is 0 Å². The molecule has 0 amide bonds. The van der Waals surface area contributed by atoms with E-state index in [1.807, 2.05) is 0 Å². The average Bonchev–Trinajstić information content (AvgIpc) is 2.85. The van der Waals surface area contributed by atoms with Gasteiger partial charge in [0, 0.05) is 25.2 Å². The van der Waals surface area contributed by atoms with Crippen LogP contribution in [0.15, 0.2) is 0 Å². The molecule has 0 radical (unpaired) electrons. The maximum Gasteiger partial charge on any atom is 0.186 e. The van der Waals surface area contributed by atoms with Crippen molar-refractivity contribution in [1.29, 1.82) is 0 Å². The Bertz CT molecular complexity index is 483. The summed E-state index contributed by atoms with van der Waals surface area (Å²) < 4.78 is 0. The molecule has 0 aliphatic carbocycles. The fraction of sp³-hybridized carbons (Fsp3) is 0.733. The van der Waals surface area contributed by atoms with Crippen LogP contribution < -0.4 is 4.90 Å². The number of hydrogen-bond acceptors (Lipinski definition) is 5. The van der Waals surface area contributed by atoms with Crippen LogP contribution in [-0.2, 0) is 0 Å². The van der Waals surface area contributed by atoms with Gasteiger partial charge in [-0.3, -0.25) is 9.69 Å². The summed E-state index contributed by atoms with van der Waals surface area (Å²) in [7, 11) is 2.17. The Morgan fingerprint density at radius 2 is 2.15 bits per heavy atom. The molecular weight excluding hydrogens is 270 g/mol. The fourth-order valence-corrected chi connectivity index (χ4v) is 3.53. The predicted molar refractivity (Wildman–Crippen MR) is 85.1 cm³/mol. The number of thiazole rings is 1. The lowest BCUT2D eigenvalue weighted by molar-refractivity contribution is 0.112. The van der Waals surface area contributed by atoms with E-state index in [0.717, 1.165) is 48.0 Å². The Balaban J connectivity index is 2.25. The first-order valence-corrected chi connectivity index (χ1v) is 8.12. The number of hydrogen-bond donors (Lipinski definition) is 0. The quantitative estimate of drug-likeness (QED) is 0.800. The maximum absolute atomic E-state index is 11.3. The topological polar surface area (TPSA) is 36.4 Å². The monoisotopic (exact) mass is 295 g/mol. The van der Waals surface area contributed by atoms with E-state index >= 15 is 0 Å². The summed E-state index contributed by atoms with van der Waals surface area (Å²) in [6.45, 7) is 11.7. The highest BCUT2D eigenvalue weighted by Crippen LogP contribution is 2.33. The third kappa shape index (κ3) is 2.88. The molecule has 0 N–H and O–H groups in total. The molecule has 2 heterocycles. The van der Waals surface area contributed by atoms with Crippen molar-refractivity contribution in [3.05, 3.63) is 10.6 Å². The van der Waals surface area contributed by atoms with Gasteiger partial charge in [-0.15, -0.1) is 0 Å². The highest BCUT2D eigenvalue weighted by atomic mass is 32.1. The molecule has 1 aliphatic rings. The minimum absolute atomic E-state index is 0.141. The Morgan fingerprint density at radius 3 is 2.70 bits per heavy atom. The first-order valence-electron chi connectivity index (χ1n) is 7.31. The van der Waals surface area contributed by atoms with Gasteiger partial charge in [-0.05, 0) is 33.2 Å². The summed E-state index contributed by atoms with van der Waals surface area (Å²) in [6, 6.07) is 0. The lowest BCUT2D eigenvalue weighted by Crippen LogP contribution is -2.57. The van der Waals surface area contributed by atoms with Crippen molar-refractivity contribution in [2.24, 2.45) is 0 Å². The third-order valence-corrected chi connectivity index (χ3v) is 5.50. The molecule has 5 heteroatoms. The van der Waals surface area contributed by atoms with Crippen molar-refractivity contribution in [3.63, 3.8) is 0 Å². The van der Waals surface area contributed by atoms with Crippen LogP contribution >= 0.6 is 11.3 Å². The highest BCUT2D eigenvalue weighted by molar-refractivity contribution is 7.17. The van der Waals surface area contributed by atoms with Crippen molar-refractivity contribution in [1.82, 2.24) is 9.88 Å². The number of rotatable bonds is 4. The van der Waals surface area contributed by atoms with E-state index in [1.54, 1.807) is 0 Å². The molecule has 1 aliphatic heterocycles. The molecule has 0 bridgehead atoms. The van der Waals surface area contributed by atoms with E-state index in [0.29, 0.717) is 5.92 Å². The molecule has 1 atom stereocenters. The smallest absolute Gasteiger partial charge is 0.186 e. The van der Waals surface area contributed by atoms with Gasteiger partial charge in [-0.25, -0.2) is 4.98 Å².